The fourth-order valence-corrected chi connectivity index (χ4v) is 0.853. The van der Waals surface area contributed by atoms with Crippen molar-refractivity contribution in [3.63, 3.8) is 0 Å². The second-order valence-electron chi connectivity index (χ2n) is 2.57. The summed E-state index contributed by atoms with van der Waals surface area (Å²) in [5.41, 5.74) is -0.349. The van der Waals surface area contributed by atoms with Gasteiger partial charge in [0.05, 0.1) is 0 Å². The molecule has 0 atom stereocenters. The molecule has 0 saturated carbocycles. The number of ether oxygens (including phenoxy) is 1. The quantitative estimate of drug-likeness (QED) is 0.735. The molecule has 1 amide bonds. The van der Waals surface area contributed by atoms with Gasteiger partial charge < -0.3 is 9.84 Å². The number of nitrogens with zero attached hydrogens (tertiary/aromatic N) is 2. The van der Waals surface area contributed by atoms with Gasteiger partial charge in [0.1, 0.15) is 6.61 Å². The highest BCUT2D eigenvalue weighted by atomic mass is 16.5. The van der Waals surface area contributed by atoms with Gasteiger partial charge in [-0.2, -0.15) is 0 Å². The predicted octanol–water partition coefficient (Wildman–Crippen LogP) is 0.909. The van der Waals surface area contributed by atoms with Crippen molar-refractivity contribution in [3.8, 4) is 0 Å². The first-order valence-electron chi connectivity index (χ1n) is 4.24. The Labute approximate surface area is 90.8 Å². The van der Waals surface area contributed by atoms with Crippen LogP contribution in [0.15, 0.2) is 25.0 Å². The van der Waals surface area contributed by atoms with E-state index < -0.39 is 12.1 Å². The molecule has 16 heavy (non-hydrogen) atoms. The lowest BCUT2D eigenvalue weighted by atomic mass is 10.4. The van der Waals surface area contributed by atoms with Gasteiger partial charge in [-0.15, -0.1) is 0 Å². The summed E-state index contributed by atoms with van der Waals surface area (Å²) in [7, 11) is 0. The lowest BCUT2D eigenvalue weighted by molar-refractivity contribution is 0.0691. The molecule has 0 fully saturated rings. The summed E-state index contributed by atoms with van der Waals surface area (Å²) in [5.74, 6) is -1.45. The zero-order valence-electron chi connectivity index (χ0n) is 8.21. The van der Waals surface area contributed by atoms with Crippen LogP contribution in [0.1, 0.15) is 10.5 Å². The third kappa shape index (κ3) is 3.05. The molecule has 1 rings (SSSR count). The van der Waals surface area contributed by atoms with Gasteiger partial charge in [-0.1, -0.05) is 12.7 Å². The Kier molecular flexibility index (Phi) is 3.96. The van der Waals surface area contributed by atoms with E-state index in [-0.39, 0.29) is 18.1 Å². The Morgan fingerprint density at radius 1 is 1.50 bits per heavy atom. The monoisotopic (exact) mass is 223 g/mol. The van der Waals surface area contributed by atoms with Crippen molar-refractivity contribution in [2.24, 2.45) is 0 Å². The number of carbonyl (C=O) groups excluding carboxylic acids is 1. The largest absolute Gasteiger partial charge is 0.476 e. The van der Waals surface area contributed by atoms with Crippen LogP contribution in [0.4, 0.5) is 10.6 Å². The maximum absolute atomic E-state index is 11.1. The molecule has 0 aliphatic carbocycles. The summed E-state index contributed by atoms with van der Waals surface area (Å²) in [6.07, 6.45) is 3.04. The number of amides is 1. The summed E-state index contributed by atoms with van der Waals surface area (Å²) in [4.78, 5) is 29.0. The molecule has 0 saturated heterocycles. The van der Waals surface area contributed by atoms with E-state index in [2.05, 4.69) is 26.6 Å². The van der Waals surface area contributed by atoms with Crippen molar-refractivity contribution in [2.45, 2.75) is 0 Å². The van der Waals surface area contributed by atoms with Crippen LogP contribution in [-0.2, 0) is 4.74 Å². The highest BCUT2D eigenvalue weighted by molar-refractivity contribution is 5.95. The van der Waals surface area contributed by atoms with E-state index in [4.69, 9.17) is 5.11 Å². The first-order chi connectivity index (χ1) is 7.65. The Bertz CT molecular complexity index is 419. The number of carboxylic acids is 1. The van der Waals surface area contributed by atoms with Crippen LogP contribution in [0, 0.1) is 0 Å². The minimum absolute atomic E-state index is 0.0223. The summed E-state index contributed by atoms with van der Waals surface area (Å²) < 4.78 is 4.60. The van der Waals surface area contributed by atoms with E-state index in [1.165, 1.54) is 18.5 Å². The van der Waals surface area contributed by atoms with Gasteiger partial charge in [0.2, 0.25) is 0 Å². The van der Waals surface area contributed by atoms with E-state index in [0.717, 1.165) is 0 Å². The first kappa shape index (κ1) is 11.6. The zero-order chi connectivity index (χ0) is 12.0. The van der Waals surface area contributed by atoms with Gasteiger partial charge in [-0.05, 0) is 0 Å². The maximum Gasteiger partial charge on any atom is 0.413 e. The number of anilines is 1. The van der Waals surface area contributed by atoms with Gasteiger partial charge in [-0.3, -0.25) is 5.32 Å². The second kappa shape index (κ2) is 5.44. The highest BCUT2D eigenvalue weighted by Gasteiger charge is 2.15. The van der Waals surface area contributed by atoms with Crippen LogP contribution < -0.4 is 5.32 Å². The average Bonchev–Trinajstić information content (AvgIpc) is 2.27. The van der Waals surface area contributed by atoms with E-state index >= 15 is 0 Å². The maximum atomic E-state index is 11.1. The van der Waals surface area contributed by atoms with Crippen molar-refractivity contribution in [3.05, 3.63) is 30.7 Å². The number of nitrogens with one attached hydrogen (secondary N) is 1. The summed E-state index contributed by atoms with van der Waals surface area (Å²) >= 11 is 0. The standard InChI is InChI=1S/C9H9N3O4/c1-2-5-16-9(15)12-7-6(8(13)14)10-3-4-11-7/h2-4H,1,5H2,(H,13,14)(H,11,12,15). The average molecular weight is 223 g/mol. The molecule has 7 nitrogen and oxygen atoms in total. The van der Waals surface area contributed by atoms with Crippen LogP contribution in [-0.4, -0.2) is 33.7 Å². The van der Waals surface area contributed by atoms with Crippen LogP contribution >= 0.6 is 0 Å². The van der Waals surface area contributed by atoms with Crippen LogP contribution in [0.2, 0.25) is 0 Å². The molecule has 0 bridgehead atoms. The van der Waals surface area contributed by atoms with Crippen molar-refractivity contribution in [2.75, 3.05) is 11.9 Å². The summed E-state index contributed by atoms with van der Waals surface area (Å²) in [5, 5.41) is 10.9. The van der Waals surface area contributed by atoms with Gasteiger partial charge in [0.15, 0.2) is 11.5 Å². The predicted molar refractivity (Wildman–Crippen MR) is 54.2 cm³/mol. The number of hydrogen-bond donors (Lipinski definition) is 2. The lowest BCUT2D eigenvalue weighted by Crippen LogP contribution is -2.18. The molecule has 1 aromatic heterocycles. The van der Waals surface area contributed by atoms with Crippen molar-refractivity contribution < 1.29 is 19.4 Å². The molecule has 7 heteroatoms. The molecule has 84 valence electrons. The lowest BCUT2D eigenvalue weighted by Gasteiger charge is -2.05. The van der Waals surface area contributed by atoms with Crippen molar-refractivity contribution >= 4 is 17.9 Å². The molecule has 0 radical (unpaired) electrons. The van der Waals surface area contributed by atoms with Gasteiger partial charge in [-0.25, -0.2) is 19.6 Å². The number of aromatic nitrogens is 2. The zero-order valence-corrected chi connectivity index (χ0v) is 8.21. The Balaban J connectivity index is 2.76. The number of carboxylic acid groups (broad SMARTS) is 1. The smallest absolute Gasteiger partial charge is 0.413 e. The number of rotatable bonds is 4. The Morgan fingerprint density at radius 2 is 2.19 bits per heavy atom. The molecule has 0 aromatic carbocycles. The first-order valence-corrected chi connectivity index (χ1v) is 4.24. The van der Waals surface area contributed by atoms with Crippen LogP contribution in [0.25, 0.3) is 0 Å². The second-order valence-corrected chi connectivity index (χ2v) is 2.57. The van der Waals surface area contributed by atoms with Crippen LogP contribution in [0.3, 0.4) is 0 Å². The van der Waals surface area contributed by atoms with Crippen molar-refractivity contribution in [1.29, 1.82) is 0 Å². The third-order valence-electron chi connectivity index (χ3n) is 1.45. The Hall–Kier alpha value is -2.44. The minimum atomic E-state index is -1.29. The molecule has 2 N–H and O–H groups in total. The molecule has 1 aromatic rings. The summed E-state index contributed by atoms with van der Waals surface area (Å²) in [6.45, 7) is 3.38. The van der Waals surface area contributed by atoms with Crippen molar-refractivity contribution in [1.82, 2.24) is 9.97 Å². The molecular formula is C9H9N3O4. The van der Waals surface area contributed by atoms with Gasteiger partial charge >= 0.3 is 12.1 Å². The topological polar surface area (TPSA) is 101 Å². The molecule has 0 aliphatic rings. The normalized spacial score (nSPS) is 9.25. The molecular weight excluding hydrogens is 214 g/mol. The number of aromatic carboxylic acids is 1. The molecule has 0 unspecified atom stereocenters. The Morgan fingerprint density at radius 3 is 2.81 bits per heavy atom. The SMILES string of the molecule is C=CCOC(=O)Nc1nccnc1C(=O)O. The van der Waals surface area contributed by atoms with Gasteiger partial charge in [0.25, 0.3) is 0 Å². The number of carbonyl (C=O) groups is 2. The van der Waals surface area contributed by atoms with Crippen LogP contribution in [0.5, 0.6) is 0 Å². The van der Waals surface area contributed by atoms with E-state index in [9.17, 15) is 9.59 Å². The molecule has 0 spiro atoms. The molecule has 0 aliphatic heterocycles. The third-order valence-corrected chi connectivity index (χ3v) is 1.45. The summed E-state index contributed by atoms with van der Waals surface area (Å²) in [6, 6.07) is 0. The number of hydrogen-bond acceptors (Lipinski definition) is 5. The highest BCUT2D eigenvalue weighted by Crippen LogP contribution is 2.08. The molecule has 1 heterocycles. The minimum Gasteiger partial charge on any atom is -0.476 e. The van der Waals surface area contributed by atoms with E-state index in [1.54, 1.807) is 0 Å². The van der Waals surface area contributed by atoms with Gasteiger partial charge in [0, 0.05) is 12.4 Å². The van der Waals surface area contributed by atoms with E-state index in [1.807, 2.05) is 0 Å². The fraction of sp³-hybridized carbons (Fsp3) is 0.111. The fourth-order valence-electron chi connectivity index (χ4n) is 0.853. The van der Waals surface area contributed by atoms with E-state index in [0.29, 0.717) is 0 Å².